The minimum absolute atomic E-state index is 0.0235. The van der Waals surface area contributed by atoms with E-state index >= 15 is 0 Å². The molecule has 11 heteroatoms. The average molecular weight is 500 g/mol. The Morgan fingerprint density at radius 3 is 2.61 bits per heavy atom. The summed E-state index contributed by atoms with van der Waals surface area (Å²) in [6, 6.07) is 4.66. The van der Waals surface area contributed by atoms with Gasteiger partial charge in [-0.15, -0.1) is 0 Å². The van der Waals surface area contributed by atoms with Crippen molar-refractivity contribution >= 4 is 29.4 Å². The number of carbonyl (C=O) groups excluding carboxylic acids is 1. The molecule has 0 unspecified atom stereocenters. The summed E-state index contributed by atoms with van der Waals surface area (Å²) in [6.07, 6.45) is 7.33. The molecule has 2 N–H and O–H groups in total. The van der Waals surface area contributed by atoms with Crippen LogP contribution in [-0.4, -0.2) is 71.6 Å². The van der Waals surface area contributed by atoms with Gasteiger partial charge in [-0.05, 0) is 50.9 Å². The number of hydrogen-bond donors (Lipinski definition) is 2. The van der Waals surface area contributed by atoms with Crippen LogP contribution in [0, 0.1) is 5.41 Å². The fraction of sp³-hybridized carbons (Fsp3) is 0.520. The molecule has 0 atom stereocenters. The number of carbonyl (C=O) groups is 1. The highest BCUT2D eigenvalue weighted by molar-refractivity contribution is 5.73. The zero-order chi connectivity index (χ0) is 25.1. The van der Waals surface area contributed by atoms with E-state index in [2.05, 4.69) is 30.2 Å². The van der Waals surface area contributed by atoms with Crippen LogP contribution in [0.15, 0.2) is 30.0 Å². The number of halogens is 2. The summed E-state index contributed by atoms with van der Waals surface area (Å²) < 4.78 is 29.8. The van der Waals surface area contributed by atoms with Gasteiger partial charge >= 0.3 is 6.61 Å². The molecule has 2 aromatic rings. The predicted octanol–water partition coefficient (Wildman–Crippen LogP) is 3.43. The summed E-state index contributed by atoms with van der Waals surface area (Å²) in [7, 11) is 0. The standard InChI is InChI=1S/C25H31F2N7O2/c1-17(35)33-10-5-25(6-11-33)15-34(16-25)23-14-22(30-20-13-19(4-9-29-20)36-24(26)27)31-21(32-23)12-18-2-7-28-8-3-18/h4,9,12-14,24,28H,2-3,5-8,10-11,15-16H2,1H3,(H,29,30,31,32). The van der Waals surface area contributed by atoms with Crippen LogP contribution in [-0.2, 0) is 4.79 Å². The van der Waals surface area contributed by atoms with Gasteiger partial charge in [-0.1, -0.05) is 5.57 Å². The maximum atomic E-state index is 12.6. The normalized spacial score (nSPS) is 19.3. The van der Waals surface area contributed by atoms with E-state index in [0.717, 1.165) is 70.8 Å². The summed E-state index contributed by atoms with van der Waals surface area (Å²) >= 11 is 0. The summed E-state index contributed by atoms with van der Waals surface area (Å²) in [6.45, 7) is 3.95. The van der Waals surface area contributed by atoms with Gasteiger partial charge < -0.3 is 25.2 Å². The molecule has 1 amide bonds. The molecule has 192 valence electrons. The van der Waals surface area contributed by atoms with E-state index < -0.39 is 6.61 Å². The number of nitrogens with zero attached hydrogens (tertiary/aromatic N) is 5. The number of amides is 1. The third-order valence-electron chi connectivity index (χ3n) is 7.17. The van der Waals surface area contributed by atoms with E-state index in [1.54, 1.807) is 6.92 Å². The Labute approximate surface area is 209 Å². The highest BCUT2D eigenvalue weighted by atomic mass is 19.3. The van der Waals surface area contributed by atoms with Crippen molar-refractivity contribution in [2.45, 2.75) is 39.2 Å². The Kier molecular flexibility index (Phi) is 6.99. The number of alkyl halides is 2. The van der Waals surface area contributed by atoms with Crippen molar-refractivity contribution in [2.75, 3.05) is 49.5 Å². The van der Waals surface area contributed by atoms with Crippen LogP contribution in [0.25, 0.3) is 6.08 Å². The first-order valence-corrected chi connectivity index (χ1v) is 12.4. The summed E-state index contributed by atoms with van der Waals surface area (Å²) in [5, 5.41) is 6.48. The maximum absolute atomic E-state index is 12.6. The van der Waals surface area contributed by atoms with Gasteiger partial charge in [0.2, 0.25) is 5.91 Å². The lowest BCUT2D eigenvalue weighted by Gasteiger charge is -2.54. The van der Waals surface area contributed by atoms with Crippen LogP contribution in [0.4, 0.5) is 26.2 Å². The van der Waals surface area contributed by atoms with Crippen molar-refractivity contribution in [3.63, 3.8) is 0 Å². The van der Waals surface area contributed by atoms with Gasteiger partial charge in [0.15, 0.2) is 5.82 Å². The maximum Gasteiger partial charge on any atom is 0.387 e. The SMILES string of the molecule is CC(=O)N1CCC2(CC1)CN(c1cc(Nc3cc(OC(F)F)ccn3)nc(C=C3CCNCC3)n1)C2. The average Bonchev–Trinajstić information content (AvgIpc) is 2.83. The molecular weight excluding hydrogens is 468 g/mol. The molecule has 2 aromatic heterocycles. The molecule has 5 heterocycles. The molecule has 36 heavy (non-hydrogen) atoms. The van der Waals surface area contributed by atoms with E-state index in [9.17, 15) is 13.6 Å². The van der Waals surface area contributed by atoms with Crippen molar-refractivity contribution in [2.24, 2.45) is 5.41 Å². The number of pyridine rings is 1. The van der Waals surface area contributed by atoms with Crippen molar-refractivity contribution in [1.82, 2.24) is 25.2 Å². The molecule has 3 fully saturated rings. The second-order valence-electron chi connectivity index (χ2n) is 9.76. The van der Waals surface area contributed by atoms with Gasteiger partial charge in [-0.25, -0.2) is 15.0 Å². The minimum atomic E-state index is -2.91. The number of likely N-dealkylation sites (tertiary alicyclic amines) is 1. The molecule has 3 saturated heterocycles. The number of anilines is 3. The van der Waals surface area contributed by atoms with Gasteiger partial charge in [0.05, 0.1) is 0 Å². The van der Waals surface area contributed by atoms with Crippen molar-refractivity contribution in [1.29, 1.82) is 0 Å². The predicted molar refractivity (Wildman–Crippen MR) is 132 cm³/mol. The smallest absolute Gasteiger partial charge is 0.387 e. The molecule has 0 aliphatic carbocycles. The van der Waals surface area contributed by atoms with Crippen LogP contribution in [0.5, 0.6) is 5.75 Å². The molecule has 3 aliphatic rings. The summed E-state index contributed by atoms with van der Waals surface area (Å²) in [4.78, 5) is 29.6. The number of hydrogen-bond acceptors (Lipinski definition) is 8. The number of nitrogens with one attached hydrogen (secondary N) is 2. The van der Waals surface area contributed by atoms with Crippen molar-refractivity contribution in [3.05, 3.63) is 35.8 Å². The molecule has 0 saturated carbocycles. The van der Waals surface area contributed by atoms with Crippen LogP contribution in [0.2, 0.25) is 0 Å². The fourth-order valence-corrected chi connectivity index (χ4v) is 5.14. The van der Waals surface area contributed by atoms with Gasteiger partial charge in [-0.2, -0.15) is 8.78 Å². The molecule has 0 radical (unpaired) electrons. The van der Waals surface area contributed by atoms with Gasteiger partial charge in [0.1, 0.15) is 23.2 Å². The van der Waals surface area contributed by atoms with Crippen molar-refractivity contribution in [3.8, 4) is 5.75 Å². The monoisotopic (exact) mass is 499 g/mol. The second-order valence-corrected chi connectivity index (χ2v) is 9.76. The molecule has 1 spiro atoms. The molecule has 0 bridgehead atoms. The summed E-state index contributed by atoms with van der Waals surface area (Å²) in [5.74, 6) is 2.48. The first-order chi connectivity index (χ1) is 17.4. The Hall–Kier alpha value is -3.34. The largest absolute Gasteiger partial charge is 0.435 e. The Morgan fingerprint density at radius 1 is 1.17 bits per heavy atom. The Morgan fingerprint density at radius 2 is 1.92 bits per heavy atom. The fourth-order valence-electron chi connectivity index (χ4n) is 5.14. The summed E-state index contributed by atoms with van der Waals surface area (Å²) in [5.41, 5.74) is 1.50. The first kappa shape index (κ1) is 24.4. The quantitative estimate of drug-likeness (QED) is 0.624. The van der Waals surface area contributed by atoms with Gasteiger partial charge in [0.25, 0.3) is 0 Å². The highest BCUT2D eigenvalue weighted by Gasteiger charge is 2.45. The molecule has 9 nitrogen and oxygen atoms in total. The van der Waals surface area contributed by atoms with E-state index in [-0.39, 0.29) is 17.1 Å². The zero-order valence-corrected chi connectivity index (χ0v) is 20.3. The van der Waals surface area contributed by atoms with Crippen LogP contribution >= 0.6 is 0 Å². The van der Waals surface area contributed by atoms with Crippen LogP contribution in [0.1, 0.15) is 38.4 Å². The van der Waals surface area contributed by atoms with Crippen molar-refractivity contribution < 1.29 is 18.3 Å². The lowest BCUT2D eigenvalue weighted by atomic mass is 9.72. The number of piperidine rings is 2. The Balaban J connectivity index is 1.35. The zero-order valence-electron chi connectivity index (χ0n) is 20.3. The third kappa shape index (κ3) is 5.72. The number of ether oxygens (including phenoxy) is 1. The molecule has 3 aliphatic heterocycles. The number of rotatable bonds is 6. The minimum Gasteiger partial charge on any atom is -0.435 e. The topological polar surface area (TPSA) is 95.5 Å². The highest BCUT2D eigenvalue weighted by Crippen LogP contribution is 2.42. The van der Waals surface area contributed by atoms with E-state index in [4.69, 9.17) is 4.98 Å². The lowest BCUT2D eigenvalue weighted by molar-refractivity contribution is -0.131. The molecule has 0 aromatic carbocycles. The van der Waals surface area contributed by atoms with Crippen LogP contribution < -0.4 is 20.3 Å². The first-order valence-electron chi connectivity index (χ1n) is 12.4. The molecule has 5 rings (SSSR count). The van der Waals surface area contributed by atoms with Crippen LogP contribution in [0.3, 0.4) is 0 Å². The third-order valence-corrected chi connectivity index (χ3v) is 7.17. The van der Waals surface area contributed by atoms with E-state index in [1.165, 1.54) is 23.9 Å². The Bertz CT molecular complexity index is 1120. The lowest BCUT2D eigenvalue weighted by Crippen LogP contribution is -2.61. The van der Waals surface area contributed by atoms with E-state index in [0.29, 0.717) is 17.5 Å². The van der Waals surface area contributed by atoms with Gasteiger partial charge in [-0.3, -0.25) is 4.79 Å². The van der Waals surface area contributed by atoms with E-state index in [1.807, 2.05) is 17.0 Å². The molecular formula is C25H31F2N7O2. The van der Waals surface area contributed by atoms with Gasteiger partial charge in [0, 0.05) is 56.8 Å². The number of aromatic nitrogens is 3. The second kappa shape index (κ2) is 10.3.